The Morgan fingerprint density at radius 3 is 2.13 bits per heavy atom. The van der Waals surface area contributed by atoms with Gasteiger partial charge in [0, 0.05) is 5.57 Å². The van der Waals surface area contributed by atoms with Gasteiger partial charge in [0.25, 0.3) is 0 Å². The Bertz CT molecular complexity index is 342. The Kier molecular flexibility index (Phi) is 5.04. The second kappa shape index (κ2) is 5.53. The highest BCUT2D eigenvalue weighted by atomic mass is 16.1. The van der Waals surface area contributed by atoms with Gasteiger partial charge in [-0.05, 0) is 37.0 Å². The van der Waals surface area contributed by atoms with Gasteiger partial charge in [0.2, 0.25) is 0 Å². The minimum Gasteiger partial charge on any atom is -0.299 e. The molecule has 0 heterocycles. The molecule has 0 radical (unpaired) electrons. The Labute approximate surface area is 92.9 Å². The number of aldehydes is 1. The lowest BCUT2D eigenvalue weighted by Gasteiger charge is -2.21. The van der Waals surface area contributed by atoms with Crippen LogP contribution in [0.4, 0.5) is 0 Å². The first-order valence-electron chi connectivity index (χ1n) is 5.04. The molecule has 0 unspecified atom stereocenters. The van der Waals surface area contributed by atoms with Crippen LogP contribution in [0.25, 0.3) is 0 Å². The average molecular weight is 204 g/mol. The minimum absolute atomic E-state index is 0.0183. The normalized spacial score (nSPS) is 11.7. The zero-order valence-corrected chi connectivity index (χ0v) is 10.3. The molecule has 0 saturated heterocycles. The molecule has 82 valence electrons. The van der Waals surface area contributed by atoms with E-state index in [1.54, 1.807) is 6.08 Å². The van der Waals surface area contributed by atoms with Crippen molar-refractivity contribution in [3.8, 4) is 0 Å². The summed E-state index contributed by atoms with van der Waals surface area (Å²) in [7, 11) is 0. The quantitative estimate of drug-likeness (QED) is 0.295. The molecule has 0 aliphatic heterocycles. The van der Waals surface area contributed by atoms with E-state index in [1.165, 1.54) is 0 Å². The molecule has 1 nitrogen and oxygen atoms in total. The van der Waals surface area contributed by atoms with Crippen LogP contribution >= 0.6 is 0 Å². The summed E-state index contributed by atoms with van der Waals surface area (Å²) in [5.41, 5.74) is 6.14. The van der Waals surface area contributed by atoms with Crippen molar-refractivity contribution in [1.29, 1.82) is 0 Å². The van der Waals surface area contributed by atoms with Crippen LogP contribution in [0.5, 0.6) is 0 Å². The molecule has 0 aromatic carbocycles. The molecular weight excluding hydrogens is 184 g/mol. The maximum atomic E-state index is 10.4. The first kappa shape index (κ1) is 13.7. The van der Waals surface area contributed by atoms with Gasteiger partial charge in [-0.3, -0.25) is 4.79 Å². The Morgan fingerprint density at radius 1 is 1.27 bits per heavy atom. The molecule has 0 saturated carbocycles. The summed E-state index contributed by atoms with van der Waals surface area (Å²) in [5, 5.41) is 0. The summed E-state index contributed by atoms with van der Waals surface area (Å²) in [6, 6.07) is 0. The number of hydrogen-bond acceptors (Lipinski definition) is 1. The molecule has 0 amide bonds. The second-order valence-corrected chi connectivity index (χ2v) is 4.75. The molecule has 0 aromatic rings. The molecule has 15 heavy (non-hydrogen) atoms. The van der Waals surface area contributed by atoms with Crippen molar-refractivity contribution in [2.45, 2.75) is 34.6 Å². The van der Waals surface area contributed by atoms with E-state index in [1.807, 2.05) is 19.9 Å². The van der Waals surface area contributed by atoms with E-state index in [0.29, 0.717) is 0 Å². The molecule has 0 atom stereocenters. The van der Waals surface area contributed by atoms with Crippen molar-refractivity contribution in [3.63, 3.8) is 0 Å². The lowest BCUT2D eigenvalue weighted by Crippen LogP contribution is -2.09. The topological polar surface area (TPSA) is 17.1 Å². The maximum absolute atomic E-state index is 10.4. The monoisotopic (exact) mass is 204 g/mol. The summed E-state index contributed by atoms with van der Waals surface area (Å²) >= 11 is 0. The highest BCUT2D eigenvalue weighted by Crippen LogP contribution is 2.29. The van der Waals surface area contributed by atoms with Crippen molar-refractivity contribution in [2.24, 2.45) is 5.41 Å². The summed E-state index contributed by atoms with van der Waals surface area (Å²) < 4.78 is 0. The van der Waals surface area contributed by atoms with Gasteiger partial charge in [-0.15, -0.1) is 5.73 Å². The molecule has 0 fully saturated rings. The van der Waals surface area contributed by atoms with Gasteiger partial charge in [0.1, 0.15) is 6.29 Å². The van der Waals surface area contributed by atoms with Crippen LogP contribution in [0.1, 0.15) is 34.6 Å². The summed E-state index contributed by atoms with van der Waals surface area (Å²) in [6.07, 6.45) is 4.23. The van der Waals surface area contributed by atoms with Gasteiger partial charge in [0.05, 0.1) is 0 Å². The summed E-state index contributed by atoms with van der Waals surface area (Å²) in [4.78, 5) is 10.4. The third-order valence-corrected chi connectivity index (χ3v) is 1.93. The Morgan fingerprint density at radius 2 is 1.80 bits per heavy atom. The predicted molar refractivity (Wildman–Crippen MR) is 65.7 cm³/mol. The SMILES string of the molecule is C=C(C)C=C=C(/C(C)=C\C=O)C(C)(C)C. The van der Waals surface area contributed by atoms with E-state index in [2.05, 4.69) is 33.1 Å². The number of hydrogen-bond donors (Lipinski definition) is 0. The van der Waals surface area contributed by atoms with E-state index in [9.17, 15) is 4.79 Å². The lowest BCUT2D eigenvalue weighted by atomic mass is 9.82. The fourth-order valence-electron chi connectivity index (χ4n) is 1.30. The highest BCUT2D eigenvalue weighted by molar-refractivity contribution is 5.68. The van der Waals surface area contributed by atoms with Crippen LogP contribution in [0.15, 0.2) is 41.2 Å². The third-order valence-electron chi connectivity index (χ3n) is 1.93. The van der Waals surface area contributed by atoms with Crippen LogP contribution in [0.3, 0.4) is 0 Å². The number of rotatable bonds is 3. The van der Waals surface area contributed by atoms with Crippen LogP contribution < -0.4 is 0 Å². The second-order valence-electron chi connectivity index (χ2n) is 4.75. The van der Waals surface area contributed by atoms with Crippen molar-refractivity contribution in [1.82, 2.24) is 0 Å². The smallest absolute Gasteiger partial charge is 0.143 e. The predicted octanol–water partition coefficient (Wildman–Crippen LogP) is 3.84. The average Bonchev–Trinajstić information content (AvgIpc) is 2.01. The van der Waals surface area contributed by atoms with Crippen LogP contribution in [-0.4, -0.2) is 6.29 Å². The molecule has 1 heteroatoms. The van der Waals surface area contributed by atoms with Crippen molar-refractivity contribution < 1.29 is 4.79 Å². The Balaban J connectivity index is 5.46. The Hall–Kier alpha value is -1.33. The molecule has 0 N–H and O–H groups in total. The van der Waals surface area contributed by atoms with Gasteiger partial charge >= 0.3 is 0 Å². The largest absolute Gasteiger partial charge is 0.299 e. The molecule has 0 aromatic heterocycles. The molecule has 0 bridgehead atoms. The zero-order chi connectivity index (χ0) is 12.1. The number of allylic oxidation sites excluding steroid dienone is 4. The van der Waals surface area contributed by atoms with Crippen LogP contribution in [-0.2, 0) is 4.79 Å². The fraction of sp³-hybridized carbons (Fsp3) is 0.429. The van der Waals surface area contributed by atoms with E-state index >= 15 is 0 Å². The third kappa shape index (κ3) is 5.19. The molecular formula is C14H20O. The molecule has 0 rings (SSSR count). The number of carbonyl (C=O) groups excluding carboxylic acids is 1. The zero-order valence-electron chi connectivity index (χ0n) is 10.3. The van der Waals surface area contributed by atoms with Gasteiger partial charge in [-0.2, -0.15) is 0 Å². The van der Waals surface area contributed by atoms with Crippen molar-refractivity contribution in [2.75, 3.05) is 0 Å². The van der Waals surface area contributed by atoms with Gasteiger partial charge < -0.3 is 0 Å². The highest BCUT2D eigenvalue weighted by Gasteiger charge is 2.17. The molecule has 0 spiro atoms. The van der Waals surface area contributed by atoms with E-state index < -0.39 is 0 Å². The molecule has 0 aliphatic rings. The van der Waals surface area contributed by atoms with E-state index in [4.69, 9.17) is 0 Å². The van der Waals surface area contributed by atoms with Crippen LogP contribution in [0, 0.1) is 5.41 Å². The lowest BCUT2D eigenvalue weighted by molar-refractivity contribution is -0.104. The minimum atomic E-state index is -0.0183. The first-order chi connectivity index (χ1) is 6.79. The summed E-state index contributed by atoms with van der Waals surface area (Å²) in [6.45, 7) is 13.9. The van der Waals surface area contributed by atoms with Gasteiger partial charge in [-0.1, -0.05) is 32.9 Å². The first-order valence-corrected chi connectivity index (χ1v) is 5.04. The standard InChI is InChI=1S/C14H20O/c1-11(2)7-8-13(14(4,5)6)12(3)9-10-15/h7,9-10H,1H2,2-6H3/b12-9-. The summed E-state index contributed by atoms with van der Waals surface area (Å²) in [5.74, 6) is 0. The molecule has 0 aliphatic carbocycles. The van der Waals surface area contributed by atoms with Crippen molar-refractivity contribution in [3.05, 3.63) is 41.2 Å². The van der Waals surface area contributed by atoms with E-state index in [0.717, 1.165) is 23.0 Å². The van der Waals surface area contributed by atoms with Gasteiger partial charge in [0.15, 0.2) is 0 Å². The number of carbonyl (C=O) groups is 1. The van der Waals surface area contributed by atoms with Crippen molar-refractivity contribution >= 4 is 6.29 Å². The van der Waals surface area contributed by atoms with E-state index in [-0.39, 0.29) is 5.41 Å². The maximum Gasteiger partial charge on any atom is 0.143 e. The fourth-order valence-corrected chi connectivity index (χ4v) is 1.30. The van der Waals surface area contributed by atoms with Crippen LogP contribution in [0.2, 0.25) is 0 Å². The van der Waals surface area contributed by atoms with Gasteiger partial charge in [-0.25, -0.2) is 0 Å².